The van der Waals surface area contributed by atoms with Crippen LogP contribution in [0.4, 0.5) is 4.79 Å². The molecule has 38 heavy (non-hydrogen) atoms. The average Bonchev–Trinajstić information content (AvgIpc) is 2.79. The Labute approximate surface area is 222 Å². The second-order valence-corrected chi connectivity index (χ2v) is 9.16. The number of amides is 3. The first-order chi connectivity index (χ1) is 17.7. The predicted octanol–water partition coefficient (Wildman–Crippen LogP) is 0.798. The van der Waals surface area contributed by atoms with Crippen LogP contribution in [-0.2, 0) is 28.7 Å². The minimum atomic E-state index is -1.47. The van der Waals surface area contributed by atoms with Crippen LogP contribution in [0.1, 0.15) is 65.2 Å². The van der Waals surface area contributed by atoms with Gasteiger partial charge < -0.3 is 46.5 Å². The van der Waals surface area contributed by atoms with E-state index in [4.69, 9.17) is 25.4 Å². The van der Waals surface area contributed by atoms with E-state index < -0.39 is 48.2 Å². The van der Waals surface area contributed by atoms with Gasteiger partial charge in [-0.25, -0.2) is 14.4 Å². The molecule has 0 aromatic heterocycles. The first kappa shape index (κ1) is 34.8. The topological polar surface area (TPSA) is 227 Å². The van der Waals surface area contributed by atoms with Crippen LogP contribution in [0.15, 0.2) is 12.2 Å². The molecule has 0 rings (SSSR count). The molecule has 0 aromatic carbocycles. The molecule has 14 nitrogen and oxygen atoms in total. The minimum absolute atomic E-state index is 0.0426. The Kier molecular flexibility index (Phi) is 17.3. The van der Waals surface area contributed by atoms with Crippen molar-refractivity contribution < 1.29 is 48.8 Å². The molecule has 0 aliphatic carbocycles. The molecular weight excluding hydrogens is 504 g/mol. The number of carboxylic acids is 3. The largest absolute Gasteiger partial charge is 0.481 e. The third-order valence-corrected chi connectivity index (χ3v) is 5.27. The van der Waals surface area contributed by atoms with Gasteiger partial charge in [0.1, 0.15) is 17.8 Å². The lowest BCUT2D eigenvalue weighted by Gasteiger charge is -2.25. The Morgan fingerprint density at radius 3 is 2.05 bits per heavy atom. The van der Waals surface area contributed by atoms with Gasteiger partial charge in [-0.05, 0) is 46.0 Å². The van der Waals surface area contributed by atoms with E-state index in [-0.39, 0.29) is 31.8 Å². The Morgan fingerprint density at radius 2 is 1.50 bits per heavy atom. The van der Waals surface area contributed by atoms with Crippen molar-refractivity contribution in [1.29, 1.82) is 0 Å². The number of nitrogens with two attached hydrogens (primary N) is 1. The summed E-state index contributed by atoms with van der Waals surface area (Å²) in [5.41, 5.74) is 6.21. The second-order valence-electron chi connectivity index (χ2n) is 9.16. The van der Waals surface area contributed by atoms with Crippen LogP contribution < -0.4 is 21.7 Å². The number of carbonyl (C=O) groups is 5. The fourth-order valence-corrected chi connectivity index (χ4v) is 3.00. The maximum atomic E-state index is 12.0. The molecule has 0 aromatic rings. The molecule has 3 amide bonds. The monoisotopic (exact) mass is 546 g/mol. The van der Waals surface area contributed by atoms with Crippen molar-refractivity contribution >= 4 is 29.8 Å². The number of urea groups is 1. The number of carbonyl (C=O) groups excluding carboxylic acids is 2. The summed E-state index contributed by atoms with van der Waals surface area (Å²) in [5, 5.41) is 34.0. The van der Waals surface area contributed by atoms with Crippen molar-refractivity contribution in [2.45, 2.75) is 83.0 Å². The standard InChI is InChI=1S/C24H42N4O10/c1-16(2)9-14-38-24(3,25)11-15-37-13-10-19(29)26-12-5-4-6-17(21(32)33)27-23(36)28-18(22(34)35)7-8-20(30)31/h17-18H,1,4-15,25H2,2-3H3,(H,26,29)(H,30,31)(H,32,33)(H,34,35)(H2,27,28,36)/t17-,18-,24?/m0/s1. The van der Waals surface area contributed by atoms with Crippen molar-refractivity contribution in [3.8, 4) is 0 Å². The van der Waals surface area contributed by atoms with Crippen molar-refractivity contribution in [3.05, 3.63) is 12.2 Å². The van der Waals surface area contributed by atoms with Crippen molar-refractivity contribution in [2.75, 3.05) is 26.4 Å². The van der Waals surface area contributed by atoms with Crippen LogP contribution in [0.5, 0.6) is 0 Å². The highest BCUT2D eigenvalue weighted by Gasteiger charge is 2.24. The molecule has 0 fully saturated rings. The highest BCUT2D eigenvalue weighted by atomic mass is 16.5. The highest BCUT2D eigenvalue weighted by molar-refractivity contribution is 5.86. The van der Waals surface area contributed by atoms with Gasteiger partial charge in [-0.3, -0.25) is 9.59 Å². The Balaban J connectivity index is 4.13. The molecule has 1 unspecified atom stereocenters. The summed E-state index contributed by atoms with van der Waals surface area (Å²) in [5.74, 6) is -4.20. The van der Waals surface area contributed by atoms with E-state index in [1.54, 1.807) is 6.92 Å². The van der Waals surface area contributed by atoms with Crippen molar-refractivity contribution in [2.24, 2.45) is 5.73 Å². The fraction of sp³-hybridized carbons (Fsp3) is 0.708. The molecule has 218 valence electrons. The van der Waals surface area contributed by atoms with Crippen LogP contribution in [0.2, 0.25) is 0 Å². The number of aliphatic carboxylic acids is 3. The summed E-state index contributed by atoms with van der Waals surface area (Å²) < 4.78 is 11.0. The fourth-order valence-electron chi connectivity index (χ4n) is 3.00. The van der Waals surface area contributed by atoms with E-state index in [0.29, 0.717) is 39.0 Å². The molecule has 0 aliphatic rings. The molecule has 0 bridgehead atoms. The van der Waals surface area contributed by atoms with Gasteiger partial charge in [0.05, 0.1) is 19.8 Å². The van der Waals surface area contributed by atoms with E-state index in [1.807, 2.05) is 6.92 Å². The number of carboxylic acid groups (broad SMARTS) is 3. The van der Waals surface area contributed by atoms with Gasteiger partial charge in [0.15, 0.2) is 0 Å². The molecule has 14 heteroatoms. The lowest BCUT2D eigenvalue weighted by atomic mass is 10.1. The molecule has 0 spiro atoms. The molecule has 8 N–H and O–H groups in total. The molecular formula is C24H42N4O10. The molecule has 3 atom stereocenters. The molecule has 0 saturated heterocycles. The van der Waals surface area contributed by atoms with Crippen molar-refractivity contribution in [3.63, 3.8) is 0 Å². The SMILES string of the molecule is C=C(C)CCOC(C)(N)CCOCCC(=O)NCCCC[C@H](NC(=O)N[C@@H](CCC(=O)O)C(=O)O)C(=O)O. The Hall–Kier alpha value is -3.23. The third kappa shape index (κ3) is 19.0. The number of nitrogens with one attached hydrogen (secondary N) is 3. The number of hydrogen-bond donors (Lipinski definition) is 7. The van der Waals surface area contributed by atoms with Crippen LogP contribution in [0.25, 0.3) is 0 Å². The van der Waals surface area contributed by atoms with Crippen molar-refractivity contribution in [1.82, 2.24) is 16.0 Å². The van der Waals surface area contributed by atoms with Gasteiger partial charge in [-0.2, -0.15) is 0 Å². The molecule has 0 aliphatic heterocycles. The van der Waals surface area contributed by atoms with E-state index in [1.165, 1.54) is 0 Å². The zero-order chi connectivity index (χ0) is 29.1. The van der Waals surface area contributed by atoms with Crippen LogP contribution in [0.3, 0.4) is 0 Å². The van der Waals surface area contributed by atoms with Gasteiger partial charge in [0, 0.05) is 25.8 Å². The van der Waals surface area contributed by atoms with Gasteiger partial charge in [0.25, 0.3) is 0 Å². The number of unbranched alkanes of at least 4 members (excludes halogenated alkanes) is 1. The van der Waals surface area contributed by atoms with Gasteiger partial charge in [-0.1, -0.05) is 5.57 Å². The average molecular weight is 547 g/mol. The summed E-state index contributed by atoms with van der Waals surface area (Å²) in [4.78, 5) is 57.1. The first-order valence-corrected chi connectivity index (χ1v) is 12.4. The van der Waals surface area contributed by atoms with E-state index in [2.05, 4.69) is 22.5 Å². The number of rotatable bonds is 22. The summed E-state index contributed by atoms with van der Waals surface area (Å²) in [6, 6.07) is -3.79. The van der Waals surface area contributed by atoms with E-state index in [9.17, 15) is 29.1 Å². The Morgan fingerprint density at radius 1 is 0.895 bits per heavy atom. The second kappa shape index (κ2) is 18.9. The van der Waals surface area contributed by atoms with Gasteiger partial charge in [-0.15, -0.1) is 6.58 Å². The first-order valence-electron chi connectivity index (χ1n) is 12.4. The lowest BCUT2D eigenvalue weighted by Crippen LogP contribution is -2.51. The maximum Gasteiger partial charge on any atom is 0.326 e. The zero-order valence-electron chi connectivity index (χ0n) is 22.1. The molecule has 0 heterocycles. The van der Waals surface area contributed by atoms with Crippen LogP contribution in [0, 0.1) is 0 Å². The zero-order valence-corrected chi connectivity index (χ0v) is 22.1. The summed E-state index contributed by atoms with van der Waals surface area (Å²) in [6.45, 7) is 8.77. The smallest absolute Gasteiger partial charge is 0.326 e. The third-order valence-electron chi connectivity index (χ3n) is 5.27. The number of hydrogen-bond acceptors (Lipinski definition) is 8. The quantitative estimate of drug-likeness (QED) is 0.0570. The number of ether oxygens (including phenoxy) is 2. The summed E-state index contributed by atoms with van der Waals surface area (Å²) in [7, 11) is 0. The molecule has 0 radical (unpaired) electrons. The Bertz CT molecular complexity index is 803. The van der Waals surface area contributed by atoms with Crippen LogP contribution >= 0.6 is 0 Å². The normalized spacial score (nSPS) is 14.0. The van der Waals surface area contributed by atoms with Gasteiger partial charge in [0.2, 0.25) is 5.91 Å². The summed E-state index contributed by atoms with van der Waals surface area (Å²) in [6.07, 6.45) is 1.34. The predicted molar refractivity (Wildman–Crippen MR) is 136 cm³/mol. The minimum Gasteiger partial charge on any atom is -0.481 e. The lowest BCUT2D eigenvalue weighted by molar-refractivity contribution is -0.140. The van der Waals surface area contributed by atoms with E-state index >= 15 is 0 Å². The van der Waals surface area contributed by atoms with E-state index in [0.717, 1.165) is 12.0 Å². The summed E-state index contributed by atoms with van der Waals surface area (Å²) >= 11 is 0. The van der Waals surface area contributed by atoms with Gasteiger partial charge >= 0.3 is 23.9 Å². The maximum absolute atomic E-state index is 12.0. The molecule has 0 saturated carbocycles. The van der Waals surface area contributed by atoms with Crippen LogP contribution in [-0.4, -0.2) is 89.3 Å². The highest BCUT2D eigenvalue weighted by Crippen LogP contribution is 2.10.